The number of morpholine rings is 1. The van der Waals surface area contributed by atoms with E-state index in [-0.39, 0.29) is 5.82 Å². The zero-order valence-corrected chi connectivity index (χ0v) is 10.9. The zero-order chi connectivity index (χ0) is 13.8. The molecule has 0 spiro atoms. The lowest BCUT2D eigenvalue weighted by Crippen LogP contribution is -3.09. The summed E-state index contributed by atoms with van der Waals surface area (Å²) in [5, 5.41) is 11.6. The number of halogens is 1. The first-order chi connectivity index (χ1) is 9.83. The summed E-state index contributed by atoms with van der Waals surface area (Å²) >= 11 is 0. The Morgan fingerprint density at radius 3 is 2.70 bits per heavy atom. The van der Waals surface area contributed by atoms with Gasteiger partial charge < -0.3 is 9.64 Å². The highest BCUT2D eigenvalue weighted by atomic mass is 19.1. The highest BCUT2D eigenvalue weighted by molar-refractivity contribution is 5.42. The van der Waals surface area contributed by atoms with E-state index in [4.69, 9.17) is 4.74 Å². The van der Waals surface area contributed by atoms with E-state index < -0.39 is 0 Å². The third kappa shape index (κ3) is 2.89. The van der Waals surface area contributed by atoms with Crippen LogP contribution in [0.15, 0.2) is 30.5 Å². The second-order valence-corrected chi connectivity index (χ2v) is 4.53. The fourth-order valence-corrected chi connectivity index (χ4v) is 2.06. The molecule has 0 radical (unpaired) electrons. The molecule has 2 aromatic rings. The van der Waals surface area contributed by atoms with E-state index in [2.05, 4.69) is 15.5 Å². The Morgan fingerprint density at radius 2 is 1.95 bits per heavy atom. The summed E-state index contributed by atoms with van der Waals surface area (Å²) in [4.78, 5) is 1.32. The lowest BCUT2D eigenvalue weighted by atomic mass is 10.3. The maximum absolute atomic E-state index is 12.9. The molecular formula is C13H15FN5O+. The fourth-order valence-electron chi connectivity index (χ4n) is 2.06. The standard InChI is InChI=1S/C13H14FN5O/c14-11-1-3-12(4-2-11)19-13(15-16-17-19)5-6-18-7-9-20-10-8-18/h1-6H,7-10H2/p+1/b6-5+. The van der Waals surface area contributed by atoms with Crippen LogP contribution in [0.5, 0.6) is 0 Å². The van der Waals surface area contributed by atoms with Gasteiger partial charge in [0.15, 0.2) is 5.82 Å². The second kappa shape index (κ2) is 5.89. The molecule has 1 N–H and O–H groups in total. The van der Waals surface area contributed by atoms with Crippen molar-refractivity contribution in [2.24, 2.45) is 0 Å². The van der Waals surface area contributed by atoms with E-state index in [1.54, 1.807) is 16.8 Å². The molecule has 1 aliphatic rings. The average Bonchev–Trinajstić information content (AvgIpc) is 2.95. The molecule has 0 unspecified atom stereocenters. The van der Waals surface area contributed by atoms with E-state index in [1.807, 2.05) is 12.3 Å². The monoisotopic (exact) mass is 276 g/mol. The molecule has 1 aromatic carbocycles. The van der Waals surface area contributed by atoms with E-state index >= 15 is 0 Å². The highest BCUT2D eigenvalue weighted by Gasteiger charge is 2.12. The number of benzene rings is 1. The molecule has 0 saturated carbocycles. The maximum Gasteiger partial charge on any atom is 0.185 e. The molecule has 2 heterocycles. The molecular weight excluding hydrogens is 261 g/mol. The minimum absolute atomic E-state index is 0.281. The number of ether oxygens (including phenoxy) is 1. The van der Waals surface area contributed by atoms with Gasteiger partial charge in [-0.15, -0.1) is 5.10 Å². The summed E-state index contributed by atoms with van der Waals surface area (Å²) in [5.41, 5.74) is 0.730. The lowest BCUT2D eigenvalue weighted by Gasteiger charge is -2.19. The van der Waals surface area contributed by atoms with Crippen LogP contribution in [-0.4, -0.2) is 46.5 Å². The summed E-state index contributed by atoms with van der Waals surface area (Å²) < 4.78 is 19.8. The third-order valence-electron chi connectivity index (χ3n) is 3.17. The van der Waals surface area contributed by atoms with Crippen molar-refractivity contribution < 1.29 is 14.0 Å². The van der Waals surface area contributed by atoms with Crippen molar-refractivity contribution in [3.8, 4) is 5.69 Å². The van der Waals surface area contributed by atoms with Crippen molar-refractivity contribution in [3.63, 3.8) is 0 Å². The van der Waals surface area contributed by atoms with Gasteiger partial charge in [-0.1, -0.05) is 0 Å². The number of hydrogen-bond acceptors (Lipinski definition) is 4. The Hall–Kier alpha value is -2.12. The largest absolute Gasteiger partial charge is 0.370 e. The highest BCUT2D eigenvalue weighted by Crippen LogP contribution is 2.09. The fraction of sp³-hybridized carbons (Fsp3) is 0.308. The Bertz CT molecular complexity index is 589. The van der Waals surface area contributed by atoms with Crippen LogP contribution in [0.4, 0.5) is 4.39 Å². The minimum Gasteiger partial charge on any atom is -0.370 e. The SMILES string of the molecule is Fc1ccc(-n2nnnc2/C=C/[NH+]2CCOCC2)cc1. The van der Waals surface area contributed by atoms with Crippen molar-refractivity contribution in [3.05, 3.63) is 42.1 Å². The maximum atomic E-state index is 12.9. The van der Waals surface area contributed by atoms with Gasteiger partial charge in [-0.25, -0.2) is 4.39 Å². The van der Waals surface area contributed by atoms with Gasteiger partial charge in [-0.3, -0.25) is 0 Å². The number of hydrogen-bond donors (Lipinski definition) is 1. The molecule has 6 nitrogen and oxygen atoms in total. The Labute approximate surface area is 115 Å². The Morgan fingerprint density at radius 1 is 1.20 bits per heavy atom. The molecule has 20 heavy (non-hydrogen) atoms. The van der Waals surface area contributed by atoms with Gasteiger partial charge in [0, 0.05) is 6.08 Å². The predicted molar refractivity (Wildman–Crippen MR) is 69.7 cm³/mol. The summed E-state index contributed by atoms with van der Waals surface area (Å²) in [6, 6.07) is 6.06. The van der Waals surface area contributed by atoms with Crippen LogP contribution in [0.2, 0.25) is 0 Å². The van der Waals surface area contributed by atoms with Gasteiger partial charge >= 0.3 is 0 Å². The van der Waals surface area contributed by atoms with E-state index in [0.29, 0.717) is 5.82 Å². The van der Waals surface area contributed by atoms with Gasteiger partial charge in [-0.05, 0) is 34.7 Å². The first-order valence-corrected chi connectivity index (χ1v) is 6.48. The quantitative estimate of drug-likeness (QED) is 0.835. The molecule has 7 heteroatoms. The molecule has 1 aliphatic heterocycles. The van der Waals surface area contributed by atoms with Crippen molar-refractivity contribution in [2.45, 2.75) is 0 Å². The van der Waals surface area contributed by atoms with E-state index in [0.717, 1.165) is 32.0 Å². The molecule has 3 rings (SSSR count). The van der Waals surface area contributed by atoms with Crippen LogP contribution in [0.25, 0.3) is 11.8 Å². The van der Waals surface area contributed by atoms with Crippen LogP contribution in [0.3, 0.4) is 0 Å². The van der Waals surface area contributed by atoms with Crippen molar-refractivity contribution in [1.82, 2.24) is 20.2 Å². The number of aromatic nitrogens is 4. The first-order valence-electron chi connectivity index (χ1n) is 6.48. The average molecular weight is 276 g/mol. The van der Waals surface area contributed by atoms with Crippen molar-refractivity contribution in [1.29, 1.82) is 0 Å². The number of nitrogens with one attached hydrogen (secondary N) is 1. The van der Waals surface area contributed by atoms with Crippen LogP contribution in [0, 0.1) is 5.82 Å². The summed E-state index contributed by atoms with van der Waals surface area (Å²) in [6.07, 6.45) is 3.91. The van der Waals surface area contributed by atoms with Crippen LogP contribution in [0.1, 0.15) is 5.82 Å². The van der Waals surface area contributed by atoms with Gasteiger partial charge in [-0.2, -0.15) is 4.68 Å². The number of rotatable bonds is 3. The molecule has 0 atom stereocenters. The van der Waals surface area contributed by atoms with Gasteiger partial charge in [0.1, 0.15) is 18.9 Å². The third-order valence-corrected chi connectivity index (χ3v) is 3.17. The van der Waals surface area contributed by atoms with Gasteiger partial charge in [0.2, 0.25) is 0 Å². The molecule has 0 bridgehead atoms. The Kier molecular flexibility index (Phi) is 3.80. The molecule has 0 amide bonds. The molecule has 1 aromatic heterocycles. The second-order valence-electron chi connectivity index (χ2n) is 4.53. The number of quaternary nitrogens is 1. The first kappa shape index (κ1) is 12.9. The molecule has 1 fully saturated rings. The Balaban J connectivity index is 1.79. The summed E-state index contributed by atoms with van der Waals surface area (Å²) in [6.45, 7) is 3.41. The summed E-state index contributed by atoms with van der Waals surface area (Å²) in [7, 11) is 0. The van der Waals surface area contributed by atoms with E-state index in [1.165, 1.54) is 17.0 Å². The smallest absolute Gasteiger partial charge is 0.185 e. The van der Waals surface area contributed by atoms with Crippen molar-refractivity contribution in [2.75, 3.05) is 26.3 Å². The van der Waals surface area contributed by atoms with Crippen molar-refractivity contribution >= 4 is 6.08 Å². The van der Waals surface area contributed by atoms with Gasteiger partial charge in [0.25, 0.3) is 0 Å². The number of tetrazole rings is 1. The minimum atomic E-state index is -0.281. The predicted octanol–water partition coefficient (Wildman–Crippen LogP) is -0.313. The molecule has 1 saturated heterocycles. The van der Waals surface area contributed by atoms with Crippen LogP contribution < -0.4 is 4.90 Å². The van der Waals surface area contributed by atoms with Crippen LogP contribution in [-0.2, 0) is 4.74 Å². The zero-order valence-electron chi connectivity index (χ0n) is 10.9. The molecule has 0 aliphatic carbocycles. The van der Waals surface area contributed by atoms with Crippen LogP contribution >= 0.6 is 0 Å². The summed E-state index contributed by atoms with van der Waals surface area (Å²) in [5.74, 6) is 0.340. The topological polar surface area (TPSA) is 57.3 Å². The van der Waals surface area contributed by atoms with Gasteiger partial charge in [0.05, 0.1) is 25.1 Å². The lowest BCUT2D eigenvalue weighted by molar-refractivity contribution is -0.855. The van der Waals surface area contributed by atoms with E-state index in [9.17, 15) is 4.39 Å². The normalized spacial score (nSPS) is 16.9. The molecule has 104 valence electrons. The number of nitrogens with zero attached hydrogens (tertiary/aromatic N) is 4.